The zero-order chi connectivity index (χ0) is 15.6. The largest absolute Gasteiger partial charge is 0.391 e. The number of aliphatic hydroxyl groups is 1. The molecule has 0 aliphatic carbocycles. The van der Waals surface area contributed by atoms with Gasteiger partial charge in [-0.1, -0.05) is 0 Å². The van der Waals surface area contributed by atoms with E-state index in [0.717, 1.165) is 6.07 Å². The van der Waals surface area contributed by atoms with Crippen molar-refractivity contribution in [1.82, 2.24) is 0 Å². The third-order valence-electron chi connectivity index (χ3n) is 3.07. The Hall–Kier alpha value is -1.75. The van der Waals surface area contributed by atoms with Gasteiger partial charge in [0.15, 0.2) is 0 Å². The van der Waals surface area contributed by atoms with Crippen LogP contribution in [0.5, 0.6) is 0 Å². The maximum atomic E-state index is 11.2. The zero-order valence-electron chi connectivity index (χ0n) is 10.9. The summed E-state index contributed by atoms with van der Waals surface area (Å²) in [7, 11) is -4.00. The SMILES string of the molecule is NS(=O)(=O)c1ccc(NCC2CC(O)CO2)c([N+](=O)[O-])c1. The minimum atomic E-state index is -4.00. The van der Waals surface area contributed by atoms with E-state index in [2.05, 4.69) is 5.32 Å². The van der Waals surface area contributed by atoms with Gasteiger partial charge in [0.05, 0.1) is 28.6 Å². The van der Waals surface area contributed by atoms with Crippen molar-refractivity contribution in [2.45, 2.75) is 23.5 Å². The number of benzene rings is 1. The fourth-order valence-corrected chi connectivity index (χ4v) is 2.58. The Morgan fingerprint density at radius 3 is 2.76 bits per heavy atom. The second-order valence-corrected chi connectivity index (χ2v) is 6.27. The molecule has 0 radical (unpaired) electrons. The van der Waals surface area contributed by atoms with Gasteiger partial charge < -0.3 is 15.2 Å². The molecule has 21 heavy (non-hydrogen) atoms. The first-order valence-corrected chi connectivity index (χ1v) is 7.67. The molecule has 116 valence electrons. The van der Waals surface area contributed by atoms with Crippen LogP contribution in [0.1, 0.15) is 6.42 Å². The summed E-state index contributed by atoms with van der Waals surface area (Å²) in [6.45, 7) is 0.505. The van der Waals surface area contributed by atoms with Gasteiger partial charge in [0.1, 0.15) is 5.69 Å². The fraction of sp³-hybridized carbons (Fsp3) is 0.455. The smallest absolute Gasteiger partial charge is 0.293 e. The molecule has 0 spiro atoms. The number of nitro groups is 1. The standard InChI is InChI=1S/C11H15N3O6S/c12-21(18,19)9-1-2-10(11(4-9)14(16)17)13-5-8-3-7(15)6-20-8/h1-2,4,7-8,13,15H,3,5-6H2,(H2,12,18,19). The van der Waals surface area contributed by atoms with E-state index in [1.807, 2.05) is 0 Å². The van der Waals surface area contributed by atoms with Crippen LogP contribution in [-0.2, 0) is 14.8 Å². The molecule has 0 bridgehead atoms. The normalized spacial score (nSPS) is 22.2. The highest BCUT2D eigenvalue weighted by Gasteiger charge is 2.25. The molecule has 1 heterocycles. The van der Waals surface area contributed by atoms with E-state index in [4.69, 9.17) is 9.88 Å². The first-order chi connectivity index (χ1) is 9.77. The molecule has 1 aliphatic rings. The number of nitro benzene ring substituents is 1. The van der Waals surface area contributed by atoms with Gasteiger partial charge in [-0.05, 0) is 12.1 Å². The van der Waals surface area contributed by atoms with Crippen molar-refractivity contribution in [1.29, 1.82) is 0 Å². The second kappa shape index (κ2) is 5.93. The van der Waals surface area contributed by atoms with Crippen molar-refractivity contribution in [2.24, 2.45) is 5.14 Å². The Bertz CT molecular complexity index is 647. The number of sulfonamides is 1. The maximum Gasteiger partial charge on any atom is 0.293 e. The van der Waals surface area contributed by atoms with Gasteiger partial charge in [-0.15, -0.1) is 0 Å². The van der Waals surface area contributed by atoms with Crippen molar-refractivity contribution >= 4 is 21.4 Å². The van der Waals surface area contributed by atoms with Crippen molar-refractivity contribution in [3.05, 3.63) is 28.3 Å². The minimum Gasteiger partial charge on any atom is -0.391 e. The number of hydrogen-bond donors (Lipinski definition) is 3. The Kier molecular flexibility index (Phi) is 4.42. The molecule has 2 unspecified atom stereocenters. The predicted octanol–water partition coefficient (Wildman–Crippen LogP) is -0.196. The third-order valence-corrected chi connectivity index (χ3v) is 3.98. The highest BCUT2D eigenvalue weighted by atomic mass is 32.2. The lowest BCUT2D eigenvalue weighted by Crippen LogP contribution is -2.20. The van der Waals surface area contributed by atoms with Crippen LogP contribution in [0.3, 0.4) is 0 Å². The Balaban J connectivity index is 2.17. The van der Waals surface area contributed by atoms with Gasteiger partial charge in [-0.3, -0.25) is 10.1 Å². The quantitative estimate of drug-likeness (QED) is 0.504. The van der Waals surface area contributed by atoms with Gasteiger partial charge in [0.2, 0.25) is 10.0 Å². The molecular weight excluding hydrogens is 302 g/mol. The maximum absolute atomic E-state index is 11.2. The van der Waals surface area contributed by atoms with Crippen LogP contribution < -0.4 is 10.5 Å². The average molecular weight is 317 g/mol. The topological polar surface area (TPSA) is 145 Å². The summed E-state index contributed by atoms with van der Waals surface area (Å²) in [5.41, 5.74) is -0.225. The molecule has 0 amide bonds. The average Bonchev–Trinajstić information content (AvgIpc) is 2.80. The summed E-state index contributed by atoms with van der Waals surface area (Å²) < 4.78 is 27.7. The van der Waals surface area contributed by atoms with Crippen LogP contribution in [0.4, 0.5) is 11.4 Å². The second-order valence-electron chi connectivity index (χ2n) is 4.71. The number of nitrogens with two attached hydrogens (primary N) is 1. The van der Waals surface area contributed by atoms with Crippen LogP contribution >= 0.6 is 0 Å². The molecule has 1 saturated heterocycles. The molecule has 1 fully saturated rings. The number of nitrogens with zero attached hydrogens (tertiary/aromatic N) is 1. The summed E-state index contributed by atoms with van der Waals surface area (Å²) in [6, 6.07) is 3.38. The van der Waals surface area contributed by atoms with Gasteiger partial charge in [-0.25, -0.2) is 13.6 Å². The molecule has 4 N–H and O–H groups in total. The summed E-state index contributed by atoms with van der Waals surface area (Å²) in [4.78, 5) is 9.99. The highest BCUT2D eigenvalue weighted by Crippen LogP contribution is 2.27. The number of anilines is 1. The van der Waals surface area contributed by atoms with Crippen LogP contribution in [0.25, 0.3) is 0 Å². The molecule has 2 atom stereocenters. The number of ether oxygens (including phenoxy) is 1. The lowest BCUT2D eigenvalue weighted by Gasteiger charge is -2.12. The molecule has 1 aromatic carbocycles. The molecular formula is C11H15N3O6S. The van der Waals surface area contributed by atoms with E-state index < -0.39 is 21.1 Å². The fourth-order valence-electron chi connectivity index (χ4n) is 2.04. The number of hydrogen-bond acceptors (Lipinski definition) is 7. The molecule has 9 nitrogen and oxygen atoms in total. The van der Waals surface area contributed by atoms with Crippen LogP contribution in [0.2, 0.25) is 0 Å². The summed E-state index contributed by atoms with van der Waals surface area (Å²) in [5.74, 6) is 0. The van der Waals surface area contributed by atoms with Crippen molar-refractivity contribution < 1.29 is 23.2 Å². The van der Waals surface area contributed by atoms with E-state index >= 15 is 0 Å². The Morgan fingerprint density at radius 2 is 2.24 bits per heavy atom. The van der Waals surface area contributed by atoms with E-state index in [0.29, 0.717) is 6.42 Å². The molecule has 2 rings (SSSR count). The lowest BCUT2D eigenvalue weighted by atomic mass is 10.2. The van der Waals surface area contributed by atoms with E-state index in [-0.39, 0.29) is 35.5 Å². The predicted molar refractivity (Wildman–Crippen MR) is 73.3 cm³/mol. The number of rotatable bonds is 5. The Labute approximate surface area is 120 Å². The zero-order valence-corrected chi connectivity index (χ0v) is 11.7. The summed E-state index contributed by atoms with van der Waals surface area (Å²) in [5, 5.41) is 28.1. The van der Waals surface area contributed by atoms with Crippen LogP contribution in [0, 0.1) is 10.1 Å². The monoisotopic (exact) mass is 317 g/mol. The highest BCUT2D eigenvalue weighted by molar-refractivity contribution is 7.89. The van der Waals surface area contributed by atoms with Crippen molar-refractivity contribution in [2.75, 3.05) is 18.5 Å². The Morgan fingerprint density at radius 1 is 1.52 bits per heavy atom. The van der Waals surface area contributed by atoms with Gasteiger partial charge in [0, 0.05) is 19.0 Å². The van der Waals surface area contributed by atoms with Crippen LogP contribution in [0.15, 0.2) is 23.1 Å². The molecule has 0 saturated carbocycles. The summed E-state index contributed by atoms with van der Waals surface area (Å²) >= 11 is 0. The molecule has 1 aromatic rings. The number of aliphatic hydroxyl groups excluding tert-OH is 1. The van der Waals surface area contributed by atoms with E-state index in [9.17, 15) is 23.6 Å². The first kappa shape index (κ1) is 15.6. The first-order valence-electron chi connectivity index (χ1n) is 6.12. The number of nitrogens with one attached hydrogen (secondary N) is 1. The minimum absolute atomic E-state index is 0.164. The van der Waals surface area contributed by atoms with Gasteiger partial charge >= 0.3 is 0 Å². The summed E-state index contributed by atoms with van der Waals surface area (Å²) in [6.07, 6.45) is -0.343. The van der Waals surface area contributed by atoms with Gasteiger partial charge in [0.25, 0.3) is 5.69 Å². The molecule has 10 heteroatoms. The van der Waals surface area contributed by atoms with Crippen molar-refractivity contribution in [3.8, 4) is 0 Å². The van der Waals surface area contributed by atoms with Gasteiger partial charge in [-0.2, -0.15) is 0 Å². The van der Waals surface area contributed by atoms with Crippen LogP contribution in [-0.4, -0.2) is 43.8 Å². The van der Waals surface area contributed by atoms with Crippen molar-refractivity contribution in [3.63, 3.8) is 0 Å². The van der Waals surface area contributed by atoms with E-state index in [1.165, 1.54) is 12.1 Å². The molecule has 0 aromatic heterocycles. The number of primary sulfonamides is 1. The lowest BCUT2D eigenvalue weighted by molar-refractivity contribution is -0.384. The molecule has 1 aliphatic heterocycles. The third kappa shape index (κ3) is 3.88. The van der Waals surface area contributed by atoms with E-state index in [1.54, 1.807) is 0 Å².